The molecule has 0 bridgehead atoms. The average Bonchev–Trinajstić information content (AvgIpc) is 2.59. The lowest BCUT2D eigenvalue weighted by molar-refractivity contribution is -0.137. The highest BCUT2D eigenvalue weighted by Crippen LogP contribution is 2.21. The molecular formula is C17H24N2O3. The van der Waals surface area contributed by atoms with Gasteiger partial charge in [0, 0.05) is 32.1 Å². The summed E-state index contributed by atoms with van der Waals surface area (Å²) in [4.78, 5) is 27.7. The third-order valence-electron chi connectivity index (χ3n) is 4.19. The van der Waals surface area contributed by atoms with Crippen molar-refractivity contribution in [2.24, 2.45) is 5.92 Å². The van der Waals surface area contributed by atoms with Gasteiger partial charge in [0.1, 0.15) is 0 Å². The highest BCUT2D eigenvalue weighted by atomic mass is 16.5. The Hall–Kier alpha value is -2.04. The van der Waals surface area contributed by atoms with Crippen molar-refractivity contribution in [1.82, 2.24) is 9.80 Å². The molecule has 2 amide bonds. The Morgan fingerprint density at radius 2 is 1.86 bits per heavy atom. The van der Waals surface area contributed by atoms with E-state index in [9.17, 15) is 9.59 Å². The summed E-state index contributed by atoms with van der Waals surface area (Å²) in [6.07, 6.45) is 1.11. The zero-order valence-electron chi connectivity index (χ0n) is 13.3. The van der Waals surface area contributed by atoms with E-state index in [-0.39, 0.29) is 17.9 Å². The van der Waals surface area contributed by atoms with Crippen LogP contribution in [0.5, 0.6) is 0 Å². The minimum atomic E-state index is -0.303. The molecule has 1 aromatic rings. The number of amides is 2. The number of methoxy groups -OCH3 is 1. The Morgan fingerprint density at radius 3 is 2.41 bits per heavy atom. The zero-order chi connectivity index (χ0) is 15.9. The predicted octanol–water partition coefficient (Wildman–Crippen LogP) is 2.51. The molecule has 0 aromatic heterocycles. The molecule has 1 aliphatic heterocycles. The van der Waals surface area contributed by atoms with E-state index >= 15 is 0 Å². The third-order valence-corrected chi connectivity index (χ3v) is 4.19. The minimum absolute atomic E-state index is 0.00423. The molecule has 0 atom stereocenters. The van der Waals surface area contributed by atoms with Crippen molar-refractivity contribution in [2.75, 3.05) is 26.7 Å². The van der Waals surface area contributed by atoms with Gasteiger partial charge in [0.15, 0.2) is 0 Å². The quantitative estimate of drug-likeness (QED) is 0.859. The van der Waals surface area contributed by atoms with Gasteiger partial charge < -0.3 is 14.5 Å². The number of piperidine rings is 1. The van der Waals surface area contributed by atoms with E-state index in [0.717, 1.165) is 5.56 Å². The molecule has 1 saturated heterocycles. The van der Waals surface area contributed by atoms with Gasteiger partial charge >= 0.3 is 6.09 Å². The van der Waals surface area contributed by atoms with E-state index in [1.165, 1.54) is 7.11 Å². The second-order valence-corrected chi connectivity index (χ2v) is 5.57. The summed E-state index contributed by atoms with van der Waals surface area (Å²) in [5.41, 5.74) is 1.14. The van der Waals surface area contributed by atoms with E-state index < -0.39 is 0 Å². The second kappa shape index (κ2) is 7.82. The Bertz CT molecular complexity index is 496. The van der Waals surface area contributed by atoms with E-state index in [1.54, 1.807) is 4.90 Å². The Kier molecular flexibility index (Phi) is 5.81. The number of ether oxygens (including phenoxy) is 1. The summed E-state index contributed by atoms with van der Waals surface area (Å²) in [6.45, 7) is 4.53. The van der Waals surface area contributed by atoms with Gasteiger partial charge in [-0.1, -0.05) is 30.3 Å². The van der Waals surface area contributed by atoms with E-state index in [4.69, 9.17) is 4.74 Å². The summed E-state index contributed by atoms with van der Waals surface area (Å²) < 4.78 is 4.72. The number of carbonyl (C=O) groups excluding carboxylic acids is 2. The van der Waals surface area contributed by atoms with Gasteiger partial charge in [-0.15, -0.1) is 0 Å². The number of nitrogens with zero attached hydrogens (tertiary/aromatic N) is 2. The molecule has 0 N–H and O–H groups in total. The molecule has 5 nitrogen and oxygen atoms in total. The zero-order valence-corrected chi connectivity index (χ0v) is 13.3. The molecule has 22 heavy (non-hydrogen) atoms. The summed E-state index contributed by atoms with van der Waals surface area (Å²) in [5, 5.41) is 0. The number of likely N-dealkylation sites (tertiary alicyclic amines) is 1. The van der Waals surface area contributed by atoms with Crippen LogP contribution in [0.3, 0.4) is 0 Å². The second-order valence-electron chi connectivity index (χ2n) is 5.57. The van der Waals surface area contributed by atoms with Gasteiger partial charge in [-0.25, -0.2) is 4.79 Å². The molecule has 0 radical (unpaired) electrons. The number of hydrogen-bond acceptors (Lipinski definition) is 3. The van der Waals surface area contributed by atoms with Gasteiger partial charge in [-0.2, -0.15) is 0 Å². The van der Waals surface area contributed by atoms with Crippen molar-refractivity contribution in [1.29, 1.82) is 0 Å². The molecule has 0 aliphatic carbocycles. The van der Waals surface area contributed by atoms with Gasteiger partial charge in [0.05, 0.1) is 7.11 Å². The first kappa shape index (κ1) is 16.3. The molecule has 1 heterocycles. The van der Waals surface area contributed by atoms with Crippen molar-refractivity contribution in [3.05, 3.63) is 35.9 Å². The first-order valence-electron chi connectivity index (χ1n) is 7.81. The molecule has 2 rings (SSSR count). The van der Waals surface area contributed by atoms with Gasteiger partial charge in [-0.3, -0.25) is 4.79 Å². The summed E-state index contributed by atoms with van der Waals surface area (Å²) in [6, 6.07) is 10.0. The Labute approximate surface area is 131 Å². The fourth-order valence-electron chi connectivity index (χ4n) is 2.85. The molecule has 0 unspecified atom stereocenters. The van der Waals surface area contributed by atoms with Crippen molar-refractivity contribution in [3.63, 3.8) is 0 Å². The highest BCUT2D eigenvalue weighted by molar-refractivity contribution is 5.79. The van der Waals surface area contributed by atoms with E-state index in [1.807, 2.05) is 42.2 Å². The molecule has 120 valence electrons. The number of rotatable bonds is 4. The van der Waals surface area contributed by atoms with Crippen LogP contribution in [0.15, 0.2) is 30.3 Å². The lowest BCUT2D eigenvalue weighted by atomic mass is 9.95. The van der Waals surface area contributed by atoms with Crippen LogP contribution in [0.1, 0.15) is 25.3 Å². The molecule has 5 heteroatoms. The molecule has 0 spiro atoms. The van der Waals surface area contributed by atoms with Gasteiger partial charge in [0.25, 0.3) is 0 Å². The van der Waals surface area contributed by atoms with Crippen molar-refractivity contribution >= 4 is 12.0 Å². The maximum Gasteiger partial charge on any atom is 0.409 e. The van der Waals surface area contributed by atoms with Crippen molar-refractivity contribution in [3.8, 4) is 0 Å². The van der Waals surface area contributed by atoms with Crippen LogP contribution in [0.2, 0.25) is 0 Å². The van der Waals surface area contributed by atoms with Crippen LogP contribution in [0.4, 0.5) is 4.79 Å². The van der Waals surface area contributed by atoms with Crippen LogP contribution in [0.25, 0.3) is 0 Å². The Balaban J connectivity index is 1.91. The summed E-state index contributed by atoms with van der Waals surface area (Å²) >= 11 is 0. The number of carbonyl (C=O) groups is 2. The van der Waals surface area contributed by atoms with Crippen LogP contribution >= 0.6 is 0 Å². The highest BCUT2D eigenvalue weighted by Gasteiger charge is 2.30. The average molecular weight is 304 g/mol. The molecule has 1 aliphatic rings. The van der Waals surface area contributed by atoms with Gasteiger partial charge in [-0.05, 0) is 25.3 Å². The molecular weight excluding hydrogens is 280 g/mol. The monoisotopic (exact) mass is 304 g/mol. The largest absolute Gasteiger partial charge is 0.453 e. The normalized spacial score (nSPS) is 15.5. The van der Waals surface area contributed by atoms with Crippen molar-refractivity contribution < 1.29 is 14.3 Å². The molecule has 0 saturated carbocycles. The first-order chi connectivity index (χ1) is 10.7. The Morgan fingerprint density at radius 1 is 1.23 bits per heavy atom. The van der Waals surface area contributed by atoms with Crippen molar-refractivity contribution in [2.45, 2.75) is 26.3 Å². The number of benzene rings is 1. The topological polar surface area (TPSA) is 49.9 Å². The first-order valence-corrected chi connectivity index (χ1v) is 7.81. The van der Waals surface area contributed by atoms with Crippen LogP contribution in [-0.2, 0) is 16.1 Å². The third kappa shape index (κ3) is 4.00. The smallest absolute Gasteiger partial charge is 0.409 e. The van der Waals surface area contributed by atoms with Crippen LogP contribution in [0, 0.1) is 5.92 Å². The summed E-state index contributed by atoms with van der Waals surface area (Å²) in [7, 11) is 1.39. The lowest BCUT2D eigenvalue weighted by Gasteiger charge is -2.33. The van der Waals surface area contributed by atoms with Crippen LogP contribution < -0.4 is 0 Å². The van der Waals surface area contributed by atoms with Gasteiger partial charge in [0.2, 0.25) is 5.91 Å². The predicted molar refractivity (Wildman–Crippen MR) is 84.2 cm³/mol. The minimum Gasteiger partial charge on any atom is -0.453 e. The van der Waals surface area contributed by atoms with E-state index in [2.05, 4.69) is 0 Å². The standard InChI is InChI=1S/C17H24N2O3/c1-3-18(13-14-7-5-4-6-8-14)16(20)15-9-11-19(12-10-15)17(21)22-2/h4-8,15H,3,9-13H2,1-2H3. The maximum absolute atomic E-state index is 12.7. The van der Waals surface area contributed by atoms with E-state index in [0.29, 0.717) is 39.0 Å². The maximum atomic E-state index is 12.7. The lowest BCUT2D eigenvalue weighted by Crippen LogP contribution is -2.44. The van der Waals surface area contributed by atoms with Crippen LogP contribution in [-0.4, -0.2) is 48.5 Å². The number of hydrogen-bond donors (Lipinski definition) is 0. The molecule has 1 fully saturated rings. The summed E-state index contributed by atoms with van der Waals surface area (Å²) in [5.74, 6) is 0.195. The fraction of sp³-hybridized carbons (Fsp3) is 0.529. The fourth-order valence-corrected chi connectivity index (χ4v) is 2.85. The SMILES string of the molecule is CCN(Cc1ccccc1)C(=O)C1CCN(C(=O)OC)CC1. The molecule has 1 aromatic carbocycles.